The van der Waals surface area contributed by atoms with Gasteiger partial charge in [-0.05, 0) is 11.3 Å². The molecular formula is C7H11NS2. The molecule has 0 radical (unpaired) electrons. The predicted molar refractivity (Wildman–Crippen MR) is 52.3 cm³/mol. The molecule has 0 amide bonds. The van der Waals surface area contributed by atoms with E-state index in [1.807, 2.05) is 20.8 Å². The quantitative estimate of drug-likeness (QED) is 0.271. The molecule has 0 aliphatic rings. The second kappa shape index (κ2) is 3.33. The van der Waals surface area contributed by atoms with Crippen molar-refractivity contribution in [3.63, 3.8) is 0 Å². The Morgan fingerprint density at radius 3 is 1.90 bits per heavy atom. The van der Waals surface area contributed by atoms with Gasteiger partial charge in [-0.3, -0.25) is 5.41 Å². The predicted octanol–water partition coefficient (Wildman–Crippen LogP) is 2.46. The van der Waals surface area contributed by atoms with Crippen molar-refractivity contribution < 1.29 is 0 Å². The second-order valence-corrected chi connectivity index (χ2v) is 4.21. The normalized spacial score (nSPS) is 10.4. The molecule has 0 aliphatic carbocycles. The van der Waals surface area contributed by atoms with Gasteiger partial charge in [0.15, 0.2) is 0 Å². The second-order valence-electron chi connectivity index (χ2n) is 3.06. The molecule has 0 spiro atoms. The monoisotopic (exact) mass is 173 g/mol. The minimum Gasteiger partial charge on any atom is -0.258 e. The van der Waals surface area contributed by atoms with Crippen LogP contribution in [0.2, 0.25) is 0 Å². The maximum absolute atomic E-state index is 6.92. The summed E-state index contributed by atoms with van der Waals surface area (Å²) in [6.07, 6.45) is 0. The lowest BCUT2D eigenvalue weighted by Gasteiger charge is -2.18. The molecule has 0 atom stereocenters. The molecule has 0 rings (SSSR count). The summed E-state index contributed by atoms with van der Waals surface area (Å²) < 4.78 is 0.461. The molecule has 0 saturated heterocycles. The van der Waals surface area contributed by atoms with E-state index in [0.717, 1.165) is 0 Å². The Balaban J connectivity index is 4.74. The Labute approximate surface area is 72.4 Å². The van der Waals surface area contributed by atoms with Gasteiger partial charge in [0.2, 0.25) is 0 Å². The first-order valence-electron chi connectivity index (χ1n) is 2.93. The van der Waals surface area contributed by atoms with Crippen LogP contribution in [0.4, 0.5) is 0 Å². The SMILES string of the molecule is CC(C)(C)C(=C=N)C(=S)S. The van der Waals surface area contributed by atoms with E-state index in [-0.39, 0.29) is 5.41 Å². The highest BCUT2D eigenvalue weighted by molar-refractivity contribution is 8.11. The van der Waals surface area contributed by atoms with Crippen molar-refractivity contribution in [3.05, 3.63) is 5.57 Å². The van der Waals surface area contributed by atoms with Crippen LogP contribution in [0, 0.1) is 10.8 Å². The van der Waals surface area contributed by atoms with E-state index in [4.69, 9.17) is 17.6 Å². The summed E-state index contributed by atoms with van der Waals surface area (Å²) in [5.41, 5.74) is 0.575. The van der Waals surface area contributed by atoms with E-state index < -0.39 is 0 Å². The summed E-state index contributed by atoms with van der Waals surface area (Å²) in [5, 5.41) is 6.92. The molecule has 1 nitrogen and oxygen atoms in total. The third kappa shape index (κ3) is 2.65. The van der Waals surface area contributed by atoms with Gasteiger partial charge in [0.1, 0.15) is 0 Å². The highest BCUT2D eigenvalue weighted by Gasteiger charge is 2.18. The molecule has 0 aromatic heterocycles. The first-order chi connectivity index (χ1) is 4.39. The molecule has 0 saturated carbocycles. The highest BCUT2D eigenvalue weighted by Crippen LogP contribution is 2.25. The van der Waals surface area contributed by atoms with Crippen molar-refractivity contribution in [1.82, 2.24) is 0 Å². The largest absolute Gasteiger partial charge is 0.258 e. The van der Waals surface area contributed by atoms with E-state index in [1.165, 1.54) is 0 Å². The lowest BCUT2D eigenvalue weighted by atomic mass is 9.88. The summed E-state index contributed by atoms with van der Waals surface area (Å²) in [5.74, 6) is 2.29. The Hall–Kier alpha value is -0.110. The first kappa shape index (κ1) is 9.89. The van der Waals surface area contributed by atoms with Crippen molar-refractivity contribution in [2.75, 3.05) is 0 Å². The average molecular weight is 173 g/mol. The molecule has 56 valence electrons. The molecule has 0 bridgehead atoms. The van der Waals surface area contributed by atoms with Crippen LogP contribution in [-0.2, 0) is 0 Å². The van der Waals surface area contributed by atoms with Crippen LogP contribution in [0.15, 0.2) is 5.57 Å². The number of thiol groups is 1. The minimum atomic E-state index is -0.111. The van der Waals surface area contributed by atoms with Crippen molar-refractivity contribution in [3.8, 4) is 0 Å². The summed E-state index contributed by atoms with van der Waals surface area (Å²) >= 11 is 8.79. The molecule has 0 unspecified atom stereocenters. The lowest BCUT2D eigenvalue weighted by Crippen LogP contribution is -2.13. The van der Waals surface area contributed by atoms with Crippen LogP contribution in [0.3, 0.4) is 0 Å². The lowest BCUT2D eigenvalue weighted by molar-refractivity contribution is 0.532. The molecule has 0 aromatic rings. The molecule has 0 aromatic carbocycles. The molecule has 0 heterocycles. The Bertz CT molecular complexity index is 194. The van der Waals surface area contributed by atoms with E-state index in [9.17, 15) is 0 Å². The molecule has 10 heavy (non-hydrogen) atoms. The van der Waals surface area contributed by atoms with Gasteiger partial charge in [-0.15, -0.1) is 12.6 Å². The van der Waals surface area contributed by atoms with Gasteiger partial charge in [-0.1, -0.05) is 33.0 Å². The number of nitrogens with one attached hydrogen (secondary N) is 1. The Kier molecular flexibility index (Phi) is 3.29. The van der Waals surface area contributed by atoms with E-state index in [1.54, 1.807) is 0 Å². The van der Waals surface area contributed by atoms with Gasteiger partial charge in [0, 0.05) is 5.57 Å². The number of hydrogen-bond donors (Lipinski definition) is 2. The average Bonchev–Trinajstić information content (AvgIpc) is 1.60. The first-order valence-corrected chi connectivity index (χ1v) is 3.78. The van der Waals surface area contributed by atoms with Crippen molar-refractivity contribution in [2.45, 2.75) is 20.8 Å². The van der Waals surface area contributed by atoms with Crippen molar-refractivity contribution in [2.24, 2.45) is 5.41 Å². The Morgan fingerprint density at radius 1 is 1.50 bits per heavy atom. The topological polar surface area (TPSA) is 23.9 Å². The van der Waals surface area contributed by atoms with Gasteiger partial charge in [0.25, 0.3) is 0 Å². The van der Waals surface area contributed by atoms with Crippen molar-refractivity contribution >= 4 is 34.9 Å². The van der Waals surface area contributed by atoms with Gasteiger partial charge in [0.05, 0.1) is 4.20 Å². The van der Waals surface area contributed by atoms with Gasteiger partial charge >= 0.3 is 0 Å². The van der Waals surface area contributed by atoms with E-state index in [2.05, 4.69) is 18.5 Å². The van der Waals surface area contributed by atoms with Crippen LogP contribution in [0.25, 0.3) is 0 Å². The van der Waals surface area contributed by atoms with Crippen LogP contribution in [0.1, 0.15) is 20.8 Å². The molecule has 0 fully saturated rings. The highest BCUT2D eigenvalue weighted by atomic mass is 32.1. The third-order valence-electron chi connectivity index (χ3n) is 1.09. The van der Waals surface area contributed by atoms with Crippen LogP contribution >= 0.6 is 24.8 Å². The summed E-state index contributed by atoms with van der Waals surface area (Å²) in [4.78, 5) is 0. The number of hydrogen-bond acceptors (Lipinski definition) is 2. The zero-order chi connectivity index (χ0) is 8.36. The minimum absolute atomic E-state index is 0.111. The van der Waals surface area contributed by atoms with E-state index >= 15 is 0 Å². The summed E-state index contributed by atoms with van der Waals surface area (Å²) in [6.45, 7) is 5.94. The maximum Gasteiger partial charge on any atom is 0.0805 e. The maximum atomic E-state index is 6.92. The fraction of sp³-hybridized carbons (Fsp3) is 0.571. The summed E-state index contributed by atoms with van der Waals surface area (Å²) in [6, 6.07) is 0. The van der Waals surface area contributed by atoms with Gasteiger partial charge in [-0.25, -0.2) is 0 Å². The van der Waals surface area contributed by atoms with Crippen LogP contribution in [-0.4, -0.2) is 10.1 Å². The fourth-order valence-electron chi connectivity index (χ4n) is 0.562. The fourth-order valence-corrected chi connectivity index (χ4v) is 1.31. The van der Waals surface area contributed by atoms with Gasteiger partial charge < -0.3 is 0 Å². The number of rotatable bonds is 1. The zero-order valence-corrected chi connectivity index (χ0v) is 8.07. The molecule has 1 N–H and O–H groups in total. The molecular weight excluding hydrogens is 162 g/mol. The standard InChI is InChI=1S/C7H11NS2/c1-7(2,3)5(4-8)6(9)10/h8H,1-3H3,(H,9,10). The number of thiocarbonyl (C=S) groups is 1. The van der Waals surface area contributed by atoms with Gasteiger partial charge in [-0.2, -0.15) is 0 Å². The van der Waals surface area contributed by atoms with E-state index in [0.29, 0.717) is 9.77 Å². The third-order valence-corrected chi connectivity index (χ3v) is 1.52. The molecule has 3 heteroatoms. The van der Waals surface area contributed by atoms with Crippen LogP contribution in [0.5, 0.6) is 0 Å². The van der Waals surface area contributed by atoms with Crippen molar-refractivity contribution in [1.29, 1.82) is 5.41 Å². The van der Waals surface area contributed by atoms with Crippen LogP contribution < -0.4 is 0 Å². The summed E-state index contributed by atoms with van der Waals surface area (Å²) in [7, 11) is 0. The Morgan fingerprint density at radius 2 is 1.90 bits per heavy atom. The smallest absolute Gasteiger partial charge is 0.0805 e. The zero-order valence-electron chi connectivity index (χ0n) is 6.36. The molecule has 0 aliphatic heterocycles.